The third-order valence-corrected chi connectivity index (χ3v) is 7.22. The highest BCUT2D eigenvalue weighted by molar-refractivity contribution is 5.91. The molecular formula is C30H36F6N2O6. The van der Waals surface area contributed by atoms with Gasteiger partial charge >= 0.3 is 24.5 Å². The van der Waals surface area contributed by atoms with Gasteiger partial charge in [0.05, 0.1) is 50.8 Å². The molecule has 8 nitrogen and oxygen atoms in total. The maximum atomic E-state index is 13.6. The second-order valence-corrected chi connectivity index (χ2v) is 11.7. The van der Waals surface area contributed by atoms with E-state index in [-0.39, 0.29) is 41.7 Å². The average Bonchev–Trinajstić information content (AvgIpc) is 2.92. The van der Waals surface area contributed by atoms with Gasteiger partial charge in [0.2, 0.25) is 0 Å². The largest absolute Gasteiger partial charge is 0.493 e. The molecule has 1 aliphatic rings. The highest BCUT2D eigenvalue weighted by Crippen LogP contribution is 2.47. The Morgan fingerprint density at radius 2 is 1.43 bits per heavy atom. The van der Waals surface area contributed by atoms with Crippen molar-refractivity contribution < 1.29 is 54.9 Å². The first-order chi connectivity index (χ1) is 20.3. The summed E-state index contributed by atoms with van der Waals surface area (Å²) in [5.74, 6) is 0.457. The van der Waals surface area contributed by atoms with Crippen LogP contribution in [0.3, 0.4) is 0 Å². The fourth-order valence-electron chi connectivity index (χ4n) is 4.97. The smallest absolute Gasteiger partial charge is 0.416 e. The number of ether oxygens (including phenoxy) is 4. The number of methoxy groups -OCH3 is 3. The van der Waals surface area contributed by atoms with Gasteiger partial charge in [0.15, 0.2) is 11.5 Å². The van der Waals surface area contributed by atoms with E-state index in [9.17, 15) is 35.9 Å². The van der Waals surface area contributed by atoms with Gasteiger partial charge < -0.3 is 18.9 Å². The van der Waals surface area contributed by atoms with Gasteiger partial charge in [0.1, 0.15) is 0 Å². The summed E-state index contributed by atoms with van der Waals surface area (Å²) in [6, 6.07) is 2.55. The van der Waals surface area contributed by atoms with Crippen LogP contribution in [0.2, 0.25) is 0 Å². The van der Waals surface area contributed by atoms with Gasteiger partial charge in [-0.2, -0.15) is 26.3 Å². The van der Waals surface area contributed by atoms with E-state index in [1.54, 1.807) is 6.92 Å². The first kappa shape index (κ1) is 34.6. The number of alkyl halides is 6. The van der Waals surface area contributed by atoms with Crippen LogP contribution >= 0.6 is 0 Å². The van der Waals surface area contributed by atoms with Crippen LogP contribution in [0.5, 0.6) is 11.5 Å². The fraction of sp³-hybridized carbons (Fsp3) is 0.533. The summed E-state index contributed by atoms with van der Waals surface area (Å²) >= 11 is 0. The molecule has 0 fully saturated rings. The van der Waals surface area contributed by atoms with E-state index >= 15 is 0 Å². The van der Waals surface area contributed by atoms with Crippen molar-refractivity contribution in [2.45, 2.75) is 71.5 Å². The Morgan fingerprint density at radius 3 is 1.91 bits per heavy atom. The van der Waals surface area contributed by atoms with E-state index in [0.717, 1.165) is 12.0 Å². The summed E-state index contributed by atoms with van der Waals surface area (Å²) < 4.78 is 103. The van der Waals surface area contributed by atoms with Gasteiger partial charge in [0, 0.05) is 24.2 Å². The summed E-state index contributed by atoms with van der Waals surface area (Å²) in [6.07, 6.45) is -11.2. The molecule has 0 spiro atoms. The third kappa shape index (κ3) is 8.00. The van der Waals surface area contributed by atoms with Crippen LogP contribution in [-0.4, -0.2) is 51.1 Å². The van der Waals surface area contributed by atoms with Crippen molar-refractivity contribution in [3.63, 3.8) is 0 Å². The van der Waals surface area contributed by atoms with Crippen LogP contribution < -0.4 is 14.4 Å². The van der Waals surface area contributed by atoms with Gasteiger partial charge in [0.25, 0.3) is 0 Å². The SMILES string of the molecule is COC(=O)N(Cc1cc(C(F)(F)F)cc(C(F)(F)F)c1)[C@@H]1C[C@H](C)N(C(=O)OCCC(C)(C)C)c2cc(OC)c(OC)cc21. The van der Waals surface area contributed by atoms with Crippen molar-refractivity contribution in [3.05, 3.63) is 52.6 Å². The number of carbonyl (C=O) groups excluding carboxylic acids is 2. The molecule has 0 bridgehead atoms. The van der Waals surface area contributed by atoms with Crippen molar-refractivity contribution in [2.75, 3.05) is 32.8 Å². The van der Waals surface area contributed by atoms with E-state index in [1.165, 1.54) is 31.3 Å². The van der Waals surface area contributed by atoms with E-state index < -0.39 is 59.9 Å². The summed E-state index contributed by atoms with van der Waals surface area (Å²) in [7, 11) is 3.79. The highest BCUT2D eigenvalue weighted by Gasteiger charge is 2.42. The molecule has 2 aromatic rings. The number of amides is 2. The summed E-state index contributed by atoms with van der Waals surface area (Å²) in [6.45, 7) is 7.11. The summed E-state index contributed by atoms with van der Waals surface area (Å²) in [4.78, 5) is 28.9. The van der Waals surface area contributed by atoms with Crippen LogP contribution in [-0.2, 0) is 28.4 Å². The molecule has 0 unspecified atom stereocenters. The number of benzene rings is 2. The van der Waals surface area contributed by atoms with Crippen LogP contribution in [0, 0.1) is 5.41 Å². The number of nitrogens with zero attached hydrogens (tertiary/aromatic N) is 2. The lowest BCUT2D eigenvalue weighted by Crippen LogP contribution is -2.47. The molecule has 0 saturated heterocycles. The Morgan fingerprint density at radius 1 is 0.886 bits per heavy atom. The minimum atomic E-state index is -5.07. The normalized spacial score (nSPS) is 17.1. The number of halogens is 6. The van der Waals surface area contributed by atoms with Gasteiger partial charge in [-0.05, 0) is 55.0 Å². The number of rotatable bonds is 7. The average molecular weight is 635 g/mol. The summed E-state index contributed by atoms with van der Waals surface area (Å²) in [5.41, 5.74) is -2.97. The Kier molecular flexibility index (Phi) is 10.3. The zero-order chi connectivity index (χ0) is 33.2. The van der Waals surface area contributed by atoms with Gasteiger partial charge in [-0.1, -0.05) is 20.8 Å². The molecule has 44 heavy (non-hydrogen) atoms. The third-order valence-electron chi connectivity index (χ3n) is 7.22. The lowest BCUT2D eigenvalue weighted by molar-refractivity contribution is -0.143. The van der Waals surface area contributed by atoms with Gasteiger partial charge in [-0.25, -0.2) is 9.59 Å². The number of anilines is 1. The maximum absolute atomic E-state index is 13.6. The molecule has 0 aromatic heterocycles. The number of hydrogen-bond acceptors (Lipinski definition) is 6. The fourth-order valence-corrected chi connectivity index (χ4v) is 4.97. The highest BCUT2D eigenvalue weighted by atomic mass is 19.4. The number of carbonyl (C=O) groups is 2. The van der Waals surface area contributed by atoms with Crippen molar-refractivity contribution in [3.8, 4) is 11.5 Å². The standard InChI is InChI=1S/C30H36F6N2O6/c1-17-10-22(37(26(39)43-7)16-18-11-19(29(31,32)33)13-20(12-18)30(34,35)36)21-14-24(41-5)25(42-6)15-23(21)38(17)27(40)44-9-8-28(2,3)4/h11-15,17,22H,8-10,16H2,1-7H3/t17-,22+/m0/s1. The molecular weight excluding hydrogens is 598 g/mol. The van der Waals surface area contributed by atoms with Crippen LogP contribution in [0.4, 0.5) is 41.6 Å². The second-order valence-electron chi connectivity index (χ2n) is 11.7. The molecule has 2 amide bonds. The Balaban J connectivity index is 2.14. The lowest BCUT2D eigenvalue weighted by Gasteiger charge is -2.42. The molecule has 1 aliphatic heterocycles. The first-order valence-corrected chi connectivity index (χ1v) is 13.7. The van der Waals surface area contributed by atoms with Crippen molar-refractivity contribution >= 4 is 17.9 Å². The van der Waals surface area contributed by atoms with Crippen LogP contribution in [0.25, 0.3) is 0 Å². The zero-order valence-electron chi connectivity index (χ0n) is 25.5. The van der Waals surface area contributed by atoms with Gasteiger partial charge in [-0.15, -0.1) is 0 Å². The van der Waals surface area contributed by atoms with Crippen LogP contribution in [0.15, 0.2) is 30.3 Å². The predicted octanol–water partition coefficient (Wildman–Crippen LogP) is 8.22. The van der Waals surface area contributed by atoms with E-state index in [0.29, 0.717) is 24.1 Å². The van der Waals surface area contributed by atoms with Gasteiger partial charge in [-0.3, -0.25) is 9.80 Å². The Bertz CT molecular complexity index is 1320. The molecule has 0 aliphatic carbocycles. The predicted molar refractivity (Wildman–Crippen MR) is 149 cm³/mol. The van der Waals surface area contributed by atoms with E-state index in [2.05, 4.69) is 0 Å². The zero-order valence-corrected chi connectivity index (χ0v) is 25.5. The molecule has 0 N–H and O–H groups in total. The van der Waals surface area contributed by atoms with Crippen molar-refractivity contribution in [2.24, 2.45) is 5.41 Å². The molecule has 2 aromatic carbocycles. The van der Waals surface area contributed by atoms with Crippen molar-refractivity contribution in [1.82, 2.24) is 4.90 Å². The summed E-state index contributed by atoms with van der Waals surface area (Å²) in [5, 5.41) is 0. The quantitative estimate of drug-likeness (QED) is 0.286. The molecule has 3 rings (SSSR count). The second kappa shape index (κ2) is 13.0. The number of fused-ring (bicyclic) bond motifs is 1. The molecule has 0 radical (unpaired) electrons. The lowest BCUT2D eigenvalue weighted by atomic mass is 9.90. The maximum Gasteiger partial charge on any atom is 0.416 e. The number of hydrogen-bond donors (Lipinski definition) is 0. The minimum Gasteiger partial charge on any atom is -0.493 e. The van der Waals surface area contributed by atoms with E-state index in [1.807, 2.05) is 20.8 Å². The Labute approximate surface area is 251 Å². The van der Waals surface area contributed by atoms with E-state index in [4.69, 9.17) is 18.9 Å². The molecule has 1 heterocycles. The molecule has 2 atom stereocenters. The molecule has 0 saturated carbocycles. The molecule has 14 heteroatoms. The first-order valence-electron chi connectivity index (χ1n) is 13.7. The van der Waals surface area contributed by atoms with Crippen molar-refractivity contribution in [1.29, 1.82) is 0 Å². The minimum absolute atomic E-state index is 0.0181. The Hall–Kier alpha value is -3.84. The van der Waals surface area contributed by atoms with Crippen LogP contribution in [0.1, 0.15) is 68.8 Å². The molecule has 244 valence electrons. The monoisotopic (exact) mass is 634 g/mol. The topological polar surface area (TPSA) is 77.5 Å².